The number of hydrogen-bond acceptors (Lipinski definition) is 6. The van der Waals surface area contributed by atoms with Crippen LogP contribution in [0.15, 0.2) is 35.2 Å². The Balaban J connectivity index is 1.47. The Hall–Kier alpha value is -1.96. The van der Waals surface area contributed by atoms with Gasteiger partial charge in [0.05, 0.1) is 43.7 Å². The van der Waals surface area contributed by atoms with Crippen molar-refractivity contribution in [1.29, 1.82) is 0 Å². The van der Waals surface area contributed by atoms with Crippen molar-refractivity contribution < 1.29 is 19.0 Å². The Labute approximate surface area is 157 Å². The molecule has 2 aromatic rings. The summed E-state index contributed by atoms with van der Waals surface area (Å²) in [5.41, 5.74) is 3.79. The summed E-state index contributed by atoms with van der Waals surface area (Å²) in [5, 5.41) is 5.03. The monoisotopic (exact) mass is 376 g/mol. The quantitative estimate of drug-likeness (QED) is 0.767. The van der Waals surface area contributed by atoms with Gasteiger partial charge < -0.3 is 19.5 Å². The molecule has 1 amide bonds. The maximum absolute atomic E-state index is 12.4. The highest BCUT2D eigenvalue weighted by Gasteiger charge is 2.28. The molecule has 1 aliphatic rings. The van der Waals surface area contributed by atoms with Crippen molar-refractivity contribution in [3.05, 3.63) is 46.4 Å². The second-order valence-corrected chi connectivity index (χ2v) is 6.94. The predicted molar refractivity (Wildman–Crippen MR) is 99.4 cm³/mol. The number of nitrogens with one attached hydrogen (secondary N) is 1. The van der Waals surface area contributed by atoms with Crippen LogP contribution in [0.2, 0.25) is 0 Å². The summed E-state index contributed by atoms with van der Waals surface area (Å²) in [4.78, 5) is 16.6. The van der Waals surface area contributed by atoms with Crippen molar-refractivity contribution in [2.24, 2.45) is 0 Å². The number of carbonyl (C=O) groups is 1. The lowest BCUT2D eigenvalue weighted by Crippen LogP contribution is -2.50. The minimum Gasteiger partial charge on any atom is -0.497 e. The van der Waals surface area contributed by atoms with Gasteiger partial charge >= 0.3 is 0 Å². The third-order valence-corrected chi connectivity index (χ3v) is 4.98. The first-order chi connectivity index (χ1) is 12.7. The van der Waals surface area contributed by atoms with E-state index in [1.807, 2.05) is 29.6 Å². The van der Waals surface area contributed by atoms with Crippen LogP contribution in [-0.4, -0.2) is 43.4 Å². The Kier molecular flexibility index (Phi) is 6.99. The smallest absolute Gasteiger partial charge is 0.220 e. The van der Waals surface area contributed by atoms with E-state index in [4.69, 9.17) is 14.2 Å². The van der Waals surface area contributed by atoms with Gasteiger partial charge in [-0.2, -0.15) is 0 Å². The Morgan fingerprint density at radius 1 is 1.46 bits per heavy atom. The molecular formula is C19H24N2O4S. The third-order valence-electron chi connectivity index (χ3n) is 4.34. The molecular weight excluding hydrogens is 352 g/mol. The van der Waals surface area contributed by atoms with Crippen LogP contribution in [0.1, 0.15) is 24.1 Å². The number of methoxy groups -OCH3 is 1. The van der Waals surface area contributed by atoms with Crippen molar-refractivity contribution >= 4 is 17.2 Å². The molecule has 2 unspecified atom stereocenters. The first kappa shape index (κ1) is 18.8. The summed E-state index contributed by atoms with van der Waals surface area (Å²) < 4.78 is 16.7. The van der Waals surface area contributed by atoms with Gasteiger partial charge in [0.1, 0.15) is 5.75 Å². The van der Waals surface area contributed by atoms with E-state index in [9.17, 15) is 4.79 Å². The zero-order valence-corrected chi connectivity index (χ0v) is 15.7. The fourth-order valence-corrected chi connectivity index (χ4v) is 3.46. The molecule has 6 nitrogen and oxygen atoms in total. The predicted octanol–water partition coefficient (Wildman–Crippen LogP) is 2.57. The van der Waals surface area contributed by atoms with Crippen LogP contribution in [0, 0.1) is 0 Å². The number of carbonyl (C=O) groups excluding carboxylic acids is 1. The number of ether oxygens (including phenoxy) is 3. The number of benzene rings is 1. The maximum atomic E-state index is 12.4. The summed E-state index contributed by atoms with van der Waals surface area (Å²) in [6, 6.07) is 7.66. The SMILES string of the molecule is COc1cccc(CCC(=O)NC2COCCC2OCc2cscn2)c1. The van der Waals surface area contributed by atoms with Crippen LogP contribution in [0.3, 0.4) is 0 Å². The highest BCUT2D eigenvalue weighted by molar-refractivity contribution is 7.07. The lowest BCUT2D eigenvalue weighted by molar-refractivity contribution is -0.126. The highest BCUT2D eigenvalue weighted by Crippen LogP contribution is 2.16. The van der Waals surface area contributed by atoms with E-state index in [1.165, 1.54) is 0 Å². The van der Waals surface area contributed by atoms with Gasteiger partial charge in [0.2, 0.25) is 5.91 Å². The van der Waals surface area contributed by atoms with Crippen molar-refractivity contribution in [3.8, 4) is 5.75 Å². The number of rotatable bonds is 8. The molecule has 0 radical (unpaired) electrons. The lowest BCUT2D eigenvalue weighted by atomic mass is 10.1. The van der Waals surface area contributed by atoms with E-state index in [2.05, 4.69) is 10.3 Å². The molecule has 140 valence electrons. The molecule has 1 N–H and O–H groups in total. The molecule has 1 aromatic carbocycles. The number of amides is 1. The van der Waals surface area contributed by atoms with Crippen LogP contribution in [0.4, 0.5) is 0 Å². The molecule has 26 heavy (non-hydrogen) atoms. The third kappa shape index (κ3) is 5.52. The van der Waals surface area contributed by atoms with Crippen LogP contribution in [0.5, 0.6) is 5.75 Å². The van der Waals surface area contributed by atoms with Gasteiger partial charge in [-0.1, -0.05) is 12.1 Å². The van der Waals surface area contributed by atoms with Gasteiger partial charge in [0, 0.05) is 18.4 Å². The van der Waals surface area contributed by atoms with E-state index in [0.29, 0.717) is 32.7 Å². The molecule has 7 heteroatoms. The topological polar surface area (TPSA) is 69.7 Å². The van der Waals surface area contributed by atoms with E-state index >= 15 is 0 Å². The van der Waals surface area contributed by atoms with E-state index in [0.717, 1.165) is 23.4 Å². The number of hydrogen-bond donors (Lipinski definition) is 1. The van der Waals surface area contributed by atoms with Gasteiger partial charge in [0.15, 0.2) is 0 Å². The molecule has 1 fully saturated rings. The summed E-state index contributed by atoms with van der Waals surface area (Å²) >= 11 is 1.55. The van der Waals surface area contributed by atoms with Gasteiger partial charge in [0.25, 0.3) is 0 Å². The van der Waals surface area contributed by atoms with Crippen molar-refractivity contribution in [2.45, 2.75) is 38.0 Å². The Morgan fingerprint density at radius 3 is 3.19 bits per heavy atom. The molecule has 0 saturated carbocycles. The molecule has 3 rings (SSSR count). The molecule has 2 atom stereocenters. The molecule has 2 heterocycles. The first-order valence-corrected chi connectivity index (χ1v) is 9.67. The molecule has 1 saturated heterocycles. The number of nitrogens with zero attached hydrogens (tertiary/aromatic N) is 1. The van der Waals surface area contributed by atoms with Gasteiger partial charge in [-0.15, -0.1) is 11.3 Å². The van der Waals surface area contributed by atoms with E-state index < -0.39 is 0 Å². The standard InChI is InChI=1S/C19H24N2O4S/c1-23-16-4-2-3-14(9-16)5-6-19(22)21-17-11-24-8-7-18(17)25-10-15-12-26-13-20-15/h2-4,9,12-13,17-18H,5-8,10-11H2,1H3,(H,21,22). The number of aryl methyl sites for hydroxylation is 1. The van der Waals surface area contributed by atoms with Gasteiger partial charge in [-0.3, -0.25) is 4.79 Å². The average molecular weight is 376 g/mol. The Bertz CT molecular complexity index is 693. The first-order valence-electron chi connectivity index (χ1n) is 8.73. The second-order valence-electron chi connectivity index (χ2n) is 6.22. The second kappa shape index (κ2) is 9.66. The lowest BCUT2D eigenvalue weighted by Gasteiger charge is -2.32. The Morgan fingerprint density at radius 2 is 2.38 bits per heavy atom. The molecule has 0 bridgehead atoms. The largest absolute Gasteiger partial charge is 0.497 e. The highest BCUT2D eigenvalue weighted by atomic mass is 32.1. The fourth-order valence-electron chi connectivity index (χ4n) is 2.92. The van der Waals surface area contributed by atoms with Crippen LogP contribution in [-0.2, 0) is 27.3 Å². The fraction of sp³-hybridized carbons (Fsp3) is 0.474. The minimum absolute atomic E-state index is 0.00517. The molecule has 1 aliphatic heterocycles. The zero-order valence-electron chi connectivity index (χ0n) is 14.8. The van der Waals surface area contributed by atoms with Crippen molar-refractivity contribution in [1.82, 2.24) is 10.3 Å². The summed E-state index contributed by atoms with van der Waals surface area (Å²) in [6.07, 6.45) is 1.81. The number of thiazole rings is 1. The average Bonchev–Trinajstić information content (AvgIpc) is 3.19. The maximum Gasteiger partial charge on any atom is 0.220 e. The summed E-state index contributed by atoms with van der Waals surface area (Å²) in [6.45, 7) is 1.59. The summed E-state index contributed by atoms with van der Waals surface area (Å²) in [5.74, 6) is 0.810. The molecule has 0 aliphatic carbocycles. The van der Waals surface area contributed by atoms with Gasteiger partial charge in [-0.25, -0.2) is 4.98 Å². The van der Waals surface area contributed by atoms with Gasteiger partial charge in [-0.05, 0) is 30.5 Å². The number of aromatic nitrogens is 1. The van der Waals surface area contributed by atoms with E-state index in [-0.39, 0.29) is 18.1 Å². The van der Waals surface area contributed by atoms with Crippen LogP contribution >= 0.6 is 11.3 Å². The summed E-state index contributed by atoms with van der Waals surface area (Å²) in [7, 11) is 1.64. The zero-order chi connectivity index (χ0) is 18.2. The minimum atomic E-state index is -0.125. The molecule has 0 spiro atoms. The normalized spacial score (nSPS) is 19.9. The van der Waals surface area contributed by atoms with Crippen LogP contribution in [0.25, 0.3) is 0 Å². The van der Waals surface area contributed by atoms with Crippen molar-refractivity contribution in [3.63, 3.8) is 0 Å². The van der Waals surface area contributed by atoms with Crippen molar-refractivity contribution in [2.75, 3.05) is 20.3 Å². The van der Waals surface area contributed by atoms with Crippen LogP contribution < -0.4 is 10.1 Å². The van der Waals surface area contributed by atoms with E-state index in [1.54, 1.807) is 24.0 Å². The molecule has 1 aromatic heterocycles.